The summed E-state index contributed by atoms with van der Waals surface area (Å²) in [5.41, 5.74) is 2.59. The van der Waals surface area contributed by atoms with Crippen molar-refractivity contribution in [2.24, 2.45) is 0 Å². The van der Waals surface area contributed by atoms with E-state index in [0.29, 0.717) is 32.3 Å². The summed E-state index contributed by atoms with van der Waals surface area (Å²) in [4.78, 5) is 48.7. The first-order chi connectivity index (χ1) is 16.1. The van der Waals surface area contributed by atoms with Crippen LogP contribution in [-0.4, -0.2) is 43.8 Å². The molecule has 0 aliphatic heterocycles. The van der Waals surface area contributed by atoms with Crippen LogP contribution in [0.25, 0.3) is 6.08 Å². The summed E-state index contributed by atoms with van der Waals surface area (Å²) in [7, 11) is 1.54. The standard InChI is InChI=1S/C23H23BrCl2N4O4/c1-14(31)29-16-6-3-15(4-7-16)5-8-21(32)27-12-22(33)28-13-23(34)30(2)17-9-19(25)18(11-24)20(26)10-17/h3-10H,11-13H2,1-2H3,(H,27,32)(H,28,33)(H,29,31)/b8-5+. The first-order valence-electron chi connectivity index (χ1n) is 10.0. The van der Waals surface area contributed by atoms with Gasteiger partial charge in [-0.3, -0.25) is 19.2 Å². The second-order valence-corrected chi connectivity index (χ2v) is 8.48. The molecule has 0 fully saturated rings. The number of nitrogens with zero attached hydrogens (tertiary/aromatic N) is 1. The number of likely N-dealkylation sites (N-methyl/N-ethyl adjacent to an activating group) is 1. The fraction of sp³-hybridized carbons (Fsp3) is 0.217. The van der Waals surface area contributed by atoms with Crippen molar-refractivity contribution in [3.05, 3.63) is 63.6 Å². The second kappa shape index (κ2) is 13.1. The number of carbonyl (C=O) groups excluding carboxylic acids is 4. The molecule has 0 atom stereocenters. The van der Waals surface area contributed by atoms with Gasteiger partial charge in [0.1, 0.15) is 0 Å². The summed E-state index contributed by atoms with van der Waals surface area (Å²) >= 11 is 15.7. The Bertz CT molecular complexity index is 1080. The highest BCUT2D eigenvalue weighted by Crippen LogP contribution is 2.32. The largest absolute Gasteiger partial charge is 0.345 e. The van der Waals surface area contributed by atoms with Gasteiger partial charge in [0.2, 0.25) is 23.6 Å². The Hall–Kier alpha value is -2.88. The van der Waals surface area contributed by atoms with Crippen molar-refractivity contribution in [2.45, 2.75) is 12.3 Å². The molecule has 0 aliphatic carbocycles. The predicted molar refractivity (Wildman–Crippen MR) is 138 cm³/mol. The monoisotopic (exact) mass is 568 g/mol. The van der Waals surface area contributed by atoms with Crippen LogP contribution in [0.3, 0.4) is 0 Å². The van der Waals surface area contributed by atoms with Crippen molar-refractivity contribution in [1.82, 2.24) is 10.6 Å². The molecule has 180 valence electrons. The van der Waals surface area contributed by atoms with Gasteiger partial charge in [0, 0.05) is 52.4 Å². The zero-order chi connectivity index (χ0) is 25.3. The first kappa shape index (κ1) is 27.4. The summed E-state index contributed by atoms with van der Waals surface area (Å²) in [5.74, 6) is -1.55. The number of nitrogens with one attached hydrogen (secondary N) is 3. The van der Waals surface area contributed by atoms with Gasteiger partial charge in [-0.2, -0.15) is 0 Å². The number of hydrogen-bond acceptors (Lipinski definition) is 4. The molecule has 0 saturated heterocycles. The lowest BCUT2D eigenvalue weighted by molar-refractivity contribution is -0.125. The topological polar surface area (TPSA) is 108 Å². The van der Waals surface area contributed by atoms with Crippen molar-refractivity contribution < 1.29 is 19.2 Å². The number of rotatable bonds is 9. The van der Waals surface area contributed by atoms with Crippen LogP contribution in [0.2, 0.25) is 10.0 Å². The molecular formula is C23H23BrCl2N4O4. The molecule has 0 heterocycles. The third-order valence-electron chi connectivity index (χ3n) is 4.54. The van der Waals surface area contributed by atoms with Gasteiger partial charge in [-0.25, -0.2) is 0 Å². The summed E-state index contributed by atoms with van der Waals surface area (Å²) in [6.45, 7) is 0.856. The molecule has 0 saturated carbocycles. The van der Waals surface area contributed by atoms with Gasteiger partial charge < -0.3 is 20.9 Å². The molecule has 0 aromatic heterocycles. The minimum Gasteiger partial charge on any atom is -0.345 e. The van der Waals surface area contributed by atoms with Crippen LogP contribution in [0.15, 0.2) is 42.5 Å². The lowest BCUT2D eigenvalue weighted by Gasteiger charge is -2.19. The van der Waals surface area contributed by atoms with E-state index in [1.807, 2.05) is 0 Å². The maximum atomic E-state index is 12.4. The molecule has 2 aromatic carbocycles. The third-order valence-corrected chi connectivity index (χ3v) is 5.77. The minimum absolute atomic E-state index is 0.174. The van der Waals surface area contributed by atoms with E-state index in [0.717, 1.165) is 5.56 Å². The summed E-state index contributed by atoms with van der Waals surface area (Å²) in [6.07, 6.45) is 2.85. The Balaban J connectivity index is 1.79. The number of halogens is 3. The molecule has 8 nitrogen and oxygen atoms in total. The fourth-order valence-electron chi connectivity index (χ4n) is 2.69. The highest BCUT2D eigenvalue weighted by Gasteiger charge is 2.16. The molecule has 4 amide bonds. The quantitative estimate of drug-likeness (QED) is 0.316. The Morgan fingerprint density at radius 2 is 1.62 bits per heavy atom. The van der Waals surface area contributed by atoms with Gasteiger partial charge >= 0.3 is 0 Å². The van der Waals surface area contributed by atoms with Crippen molar-refractivity contribution >= 4 is 80.2 Å². The van der Waals surface area contributed by atoms with Crippen LogP contribution in [-0.2, 0) is 24.5 Å². The summed E-state index contributed by atoms with van der Waals surface area (Å²) < 4.78 is 0. The zero-order valence-electron chi connectivity index (χ0n) is 18.5. The average Bonchev–Trinajstić information content (AvgIpc) is 2.79. The van der Waals surface area contributed by atoms with Crippen LogP contribution in [0.5, 0.6) is 0 Å². The van der Waals surface area contributed by atoms with Crippen LogP contribution in [0, 0.1) is 0 Å². The third kappa shape index (κ3) is 8.48. The molecule has 34 heavy (non-hydrogen) atoms. The van der Waals surface area contributed by atoms with Crippen LogP contribution >= 0.6 is 39.1 Å². The maximum Gasteiger partial charge on any atom is 0.246 e. The van der Waals surface area contributed by atoms with E-state index in [1.54, 1.807) is 49.5 Å². The van der Waals surface area contributed by atoms with E-state index < -0.39 is 11.8 Å². The van der Waals surface area contributed by atoms with Crippen LogP contribution in [0.1, 0.15) is 18.1 Å². The molecule has 0 unspecified atom stereocenters. The van der Waals surface area contributed by atoms with Gasteiger partial charge in [0.05, 0.1) is 13.1 Å². The van der Waals surface area contributed by atoms with Gasteiger partial charge in [-0.1, -0.05) is 51.3 Å². The number of anilines is 2. The molecule has 2 aromatic rings. The summed E-state index contributed by atoms with van der Waals surface area (Å²) in [5, 5.41) is 8.86. The maximum absolute atomic E-state index is 12.4. The average molecular weight is 570 g/mol. The highest BCUT2D eigenvalue weighted by molar-refractivity contribution is 9.08. The Morgan fingerprint density at radius 3 is 2.18 bits per heavy atom. The van der Waals surface area contributed by atoms with Gasteiger partial charge in [-0.05, 0) is 35.9 Å². The second-order valence-electron chi connectivity index (χ2n) is 7.11. The van der Waals surface area contributed by atoms with E-state index in [9.17, 15) is 19.2 Å². The fourth-order valence-corrected chi connectivity index (χ4v) is 4.23. The zero-order valence-corrected chi connectivity index (χ0v) is 21.6. The van der Waals surface area contributed by atoms with Gasteiger partial charge in [-0.15, -0.1) is 0 Å². The lowest BCUT2D eigenvalue weighted by Crippen LogP contribution is -2.42. The normalized spacial score (nSPS) is 10.6. The lowest BCUT2D eigenvalue weighted by atomic mass is 10.2. The smallest absolute Gasteiger partial charge is 0.246 e. The molecule has 0 bridgehead atoms. The van der Waals surface area contributed by atoms with Crippen LogP contribution < -0.4 is 20.9 Å². The van der Waals surface area contributed by atoms with Crippen LogP contribution in [0.4, 0.5) is 11.4 Å². The number of hydrogen-bond donors (Lipinski definition) is 3. The number of alkyl halides is 1. The molecule has 2 rings (SSSR count). The number of carbonyl (C=O) groups is 4. The molecular weight excluding hydrogens is 547 g/mol. The molecule has 3 N–H and O–H groups in total. The predicted octanol–water partition coefficient (Wildman–Crippen LogP) is 3.76. The van der Waals surface area contributed by atoms with Crippen molar-refractivity contribution in [3.8, 4) is 0 Å². The van der Waals surface area contributed by atoms with E-state index in [2.05, 4.69) is 31.9 Å². The Labute approximate surface area is 215 Å². The van der Waals surface area contributed by atoms with Crippen molar-refractivity contribution in [2.75, 3.05) is 30.4 Å². The number of benzene rings is 2. The van der Waals surface area contributed by atoms with E-state index in [-0.39, 0.29) is 24.9 Å². The van der Waals surface area contributed by atoms with E-state index >= 15 is 0 Å². The van der Waals surface area contributed by atoms with E-state index in [4.69, 9.17) is 23.2 Å². The molecule has 0 aliphatic rings. The highest BCUT2D eigenvalue weighted by atomic mass is 79.9. The molecule has 0 spiro atoms. The Morgan fingerprint density at radius 1 is 1.00 bits per heavy atom. The van der Waals surface area contributed by atoms with E-state index in [1.165, 1.54) is 17.9 Å². The first-order valence-corrected chi connectivity index (χ1v) is 11.9. The summed E-state index contributed by atoms with van der Waals surface area (Å²) in [6, 6.07) is 10.1. The Kier molecular flexibility index (Phi) is 10.6. The minimum atomic E-state index is -0.520. The van der Waals surface area contributed by atoms with Crippen molar-refractivity contribution in [3.63, 3.8) is 0 Å². The molecule has 0 radical (unpaired) electrons. The van der Waals surface area contributed by atoms with Gasteiger partial charge in [0.25, 0.3) is 0 Å². The van der Waals surface area contributed by atoms with Crippen molar-refractivity contribution in [1.29, 1.82) is 0 Å². The SMILES string of the molecule is CC(=O)Nc1ccc(/C=C/C(=O)NCC(=O)NCC(=O)N(C)c2cc(Cl)c(CBr)c(Cl)c2)cc1. The number of amides is 4. The van der Waals surface area contributed by atoms with Gasteiger partial charge in [0.15, 0.2) is 0 Å². The molecule has 11 heteroatoms.